The lowest BCUT2D eigenvalue weighted by Crippen LogP contribution is -2.49. The molecule has 3 unspecified atom stereocenters. The molecule has 39 heavy (non-hydrogen) atoms. The fraction of sp³-hybridized carbons (Fsp3) is 0.464. The van der Waals surface area contributed by atoms with Crippen LogP contribution < -0.4 is 4.74 Å². The summed E-state index contributed by atoms with van der Waals surface area (Å²) in [6, 6.07) is 5.27. The van der Waals surface area contributed by atoms with E-state index in [0.717, 1.165) is 73.1 Å². The van der Waals surface area contributed by atoms with Gasteiger partial charge in [0, 0.05) is 35.5 Å². The van der Waals surface area contributed by atoms with E-state index < -0.39 is 28.1 Å². The first-order valence-electron chi connectivity index (χ1n) is 13.5. The Hall–Kier alpha value is -3.02. The number of ether oxygens (including phenoxy) is 1. The molecule has 0 amide bonds. The van der Waals surface area contributed by atoms with Crippen molar-refractivity contribution < 1.29 is 22.3 Å². The Kier molecular flexibility index (Phi) is 7.55. The highest BCUT2D eigenvalue weighted by molar-refractivity contribution is 7.79. The van der Waals surface area contributed by atoms with E-state index in [0.29, 0.717) is 12.5 Å². The van der Waals surface area contributed by atoms with Gasteiger partial charge in [0.2, 0.25) is 0 Å². The predicted molar refractivity (Wildman–Crippen MR) is 145 cm³/mol. The van der Waals surface area contributed by atoms with Gasteiger partial charge >= 0.3 is 0 Å². The van der Waals surface area contributed by atoms with Crippen LogP contribution in [0.2, 0.25) is 0 Å². The Labute approximate surface area is 227 Å². The fourth-order valence-electron chi connectivity index (χ4n) is 6.47. The summed E-state index contributed by atoms with van der Waals surface area (Å²) >= 11 is -2.00. The molecular weight excluding hydrogens is 524 g/mol. The van der Waals surface area contributed by atoms with E-state index >= 15 is 0 Å². The molecule has 2 N–H and O–H groups in total. The van der Waals surface area contributed by atoms with Gasteiger partial charge in [0.15, 0.2) is 28.3 Å². The van der Waals surface area contributed by atoms with E-state index in [-0.39, 0.29) is 24.2 Å². The summed E-state index contributed by atoms with van der Waals surface area (Å²) < 4.78 is 55.9. The Morgan fingerprint density at radius 1 is 1.13 bits per heavy atom. The summed E-state index contributed by atoms with van der Waals surface area (Å²) in [6.45, 7) is 1.63. The number of nitrogens with zero attached hydrogens (tertiary/aromatic N) is 4. The maximum Gasteiger partial charge on any atom is 0.171 e. The molecule has 1 aliphatic carbocycles. The van der Waals surface area contributed by atoms with Gasteiger partial charge in [0.25, 0.3) is 0 Å². The van der Waals surface area contributed by atoms with Crippen LogP contribution in [-0.4, -0.2) is 58.9 Å². The molecule has 11 heteroatoms. The maximum absolute atomic E-state index is 14.0. The number of aromatic amines is 1. The standard InChI is InChI=1S/C28H31F2N5O3S/c29-20-7-8-25(23(30)12-20)38-16-17-2-1-11-35(15-17)28(39(36)37)19-5-3-18(4-6-19)22-13-33-34-24-14-32-27-21(26(22)24)9-10-31-27/h7-10,12-14,17-19,28,34H,1-6,11,15-16H2,(H,36,37). The molecule has 206 valence electrons. The van der Waals surface area contributed by atoms with Gasteiger partial charge in [-0.15, -0.1) is 0 Å². The van der Waals surface area contributed by atoms with E-state index in [1.165, 1.54) is 17.7 Å². The molecule has 4 heterocycles. The molecule has 2 fully saturated rings. The zero-order valence-corrected chi connectivity index (χ0v) is 22.2. The van der Waals surface area contributed by atoms with E-state index in [1.807, 2.05) is 12.3 Å². The van der Waals surface area contributed by atoms with Crippen molar-refractivity contribution in [1.82, 2.24) is 25.1 Å². The Morgan fingerprint density at radius 3 is 2.77 bits per heavy atom. The van der Waals surface area contributed by atoms with Crippen LogP contribution in [0.15, 0.2) is 42.9 Å². The summed E-state index contributed by atoms with van der Waals surface area (Å²) in [5.41, 5.74) is 2.78. The largest absolute Gasteiger partial charge is 0.490 e. The first-order valence-corrected chi connectivity index (χ1v) is 14.6. The van der Waals surface area contributed by atoms with Crippen LogP contribution in [0.5, 0.6) is 5.75 Å². The summed E-state index contributed by atoms with van der Waals surface area (Å²) in [7, 11) is 0. The number of H-pyrrole nitrogens is 1. The van der Waals surface area contributed by atoms with Crippen LogP contribution in [0, 0.1) is 23.5 Å². The van der Waals surface area contributed by atoms with E-state index in [2.05, 4.69) is 25.1 Å². The second-order valence-corrected chi connectivity index (χ2v) is 11.8. The topological polar surface area (TPSA) is 104 Å². The molecule has 1 aromatic carbocycles. The molecule has 3 aromatic heterocycles. The minimum atomic E-state index is -2.00. The van der Waals surface area contributed by atoms with Gasteiger partial charge in [0.05, 0.1) is 24.5 Å². The Morgan fingerprint density at radius 2 is 1.97 bits per heavy atom. The third kappa shape index (κ3) is 5.39. The lowest BCUT2D eigenvalue weighted by atomic mass is 9.77. The van der Waals surface area contributed by atoms with Crippen molar-refractivity contribution in [3.8, 4) is 5.75 Å². The van der Waals surface area contributed by atoms with Gasteiger partial charge < -0.3 is 9.29 Å². The Balaban J connectivity index is 1.13. The molecule has 0 bridgehead atoms. The number of likely N-dealkylation sites (tertiary alicyclic amines) is 1. The smallest absolute Gasteiger partial charge is 0.171 e. The molecule has 1 aliphatic heterocycles. The summed E-state index contributed by atoms with van der Waals surface area (Å²) in [5.74, 6) is -0.849. The average molecular weight is 556 g/mol. The normalized spacial score (nSPS) is 24.1. The predicted octanol–water partition coefficient (Wildman–Crippen LogP) is 5.40. The number of rotatable bonds is 7. The number of fused-ring (bicyclic) bond motifs is 3. The summed E-state index contributed by atoms with van der Waals surface area (Å²) in [4.78, 5) is 10.9. The molecule has 2 aliphatic rings. The van der Waals surface area contributed by atoms with E-state index in [9.17, 15) is 17.5 Å². The van der Waals surface area contributed by atoms with Crippen molar-refractivity contribution in [3.05, 3.63) is 60.1 Å². The van der Waals surface area contributed by atoms with Crippen molar-refractivity contribution in [2.45, 2.75) is 49.8 Å². The van der Waals surface area contributed by atoms with Crippen LogP contribution in [0.25, 0.3) is 21.9 Å². The van der Waals surface area contributed by atoms with Crippen LogP contribution in [-0.2, 0) is 11.1 Å². The number of halogens is 2. The van der Waals surface area contributed by atoms with Crippen molar-refractivity contribution in [2.24, 2.45) is 11.8 Å². The number of hydrogen-bond donors (Lipinski definition) is 2. The number of piperidine rings is 1. The van der Waals surface area contributed by atoms with Gasteiger partial charge in [0.1, 0.15) is 11.2 Å². The van der Waals surface area contributed by atoms with Gasteiger partial charge in [-0.3, -0.25) is 10.00 Å². The monoisotopic (exact) mass is 555 g/mol. The summed E-state index contributed by atoms with van der Waals surface area (Å²) in [5, 5.41) is 9.08. The lowest BCUT2D eigenvalue weighted by Gasteiger charge is -2.42. The SMILES string of the molecule is O=S(O)C(C1CCC(c2cn[nH]c3cnc4nccc4c23)CC1)N1CCCC(COc2ccc(F)cc2F)C1. The highest BCUT2D eigenvalue weighted by Gasteiger charge is 2.38. The average Bonchev–Trinajstić information content (AvgIpc) is 3.42. The first kappa shape index (κ1) is 26.2. The molecule has 1 saturated heterocycles. The van der Waals surface area contributed by atoms with Crippen LogP contribution >= 0.6 is 0 Å². The molecule has 6 rings (SSSR count). The zero-order chi connectivity index (χ0) is 26.9. The third-order valence-corrected chi connectivity index (χ3v) is 9.41. The van der Waals surface area contributed by atoms with Gasteiger partial charge in [-0.25, -0.2) is 23.0 Å². The van der Waals surface area contributed by atoms with E-state index in [1.54, 1.807) is 12.4 Å². The summed E-state index contributed by atoms with van der Waals surface area (Å²) in [6.07, 6.45) is 10.7. The Bertz CT molecular complexity index is 1490. The molecule has 0 radical (unpaired) electrons. The quantitative estimate of drug-likeness (QED) is 0.295. The van der Waals surface area contributed by atoms with Crippen LogP contribution in [0.1, 0.15) is 50.0 Å². The maximum atomic E-state index is 14.0. The number of pyridine rings is 1. The number of aromatic nitrogens is 4. The van der Waals surface area contributed by atoms with Crippen LogP contribution in [0.4, 0.5) is 8.78 Å². The zero-order valence-electron chi connectivity index (χ0n) is 21.4. The van der Waals surface area contributed by atoms with Crippen molar-refractivity contribution in [2.75, 3.05) is 19.7 Å². The second kappa shape index (κ2) is 11.2. The minimum Gasteiger partial charge on any atom is -0.490 e. The number of nitrogens with one attached hydrogen (secondary N) is 1. The molecule has 1 saturated carbocycles. The fourth-order valence-corrected chi connectivity index (χ4v) is 7.52. The highest BCUT2D eigenvalue weighted by Crippen LogP contribution is 2.42. The molecular formula is C28H31F2N5O3S. The van der Waals surface area contributed by atoms with Crippen molar-refractivity contribution >= 4 is 33.0 Å². The van der Waals surface area contributed by atoms with Crippen LogP contribution in [0.3, 0.4) is 0 Å². The van der Waals surface area contributed by atoms with Gasteiger partial charge in [-0.05, 0) is 80.7 Å². The molecule has 8 nitrogen and oxygen atoms in total. The highest BCUT2D eigenvalue weighted by atomic mass is 32.2. The van der Waals surface area contributed by atoms with Crippen molar-refractivity contribution in [1.29, 1.82) is 0 Å². The number of hydrogen-bond acceptors (Lipinski definition) is 6. The first-order chi connectivity index (χ1) is 19.0. The van der Waals surface area contributed by atoms with Gasteiger partial charge in [-0.2, -0.15) is 5.10 Å². The minimum absolute atomic E-state index is 0.0280. The van der Waals surface area contributed by atoms with Gasteiger partial charge in [-0.1, -0.05) is 0 Å². The van der Waals surface area contributed by atoms with E-state index in [4.69, 9.17) is 4.74 Å². The van der Waals surface area contributed by atoms with Crippen molar-refractivity contribution in [3.63, 3.8) is 0 Å². The number of benzene rings is 1. The molecule has 0 spiro atoms. The molecule has 4 aromatic rings. The lowest BCUT2D eigenvalue weighted by molar-refractivity contribution is 0.0869. The second-order valence-electron chi connectivity index (χ2n) is 10.7. The third-order valence-electron chi connectivity index (χ3n) is 8.31. The molecule has 3 atom stereocenters.